The van der Waals surface area contributed by atoms with Crippen molar-refractivity contribution in [1.82, 2.24) is 4.90 Å². The Morgan fingerprint density at radius 2 is 2.05 bits per heavy atom. The Labute approximate surface area is 123 Å². The minimum absolute atomic E-state index is 0.158. The quantitative estimate of drug-likeness (QED) is 0.687. The fourth-order valence-electron chi connectivity index (χ4n) is 2.43. The lowest BCUT2D eigenvalue weighted by molar-refractivity contribution is -0.0504. The van der Waals surface area contributed by atoms with Crippen LogP contribution in [0.25, 0.3) is 0 Å². The highest BCUT2D eigenvalue weighted by Crippen LogP contribution is 2.23. The normalized spacial score (nSPS) is 16.4. The van der Waals surface area contributed by atoms with Gasteiger partial charge in [0.25, 0.3) is 0 Å². The highest BCUT2D eigenvalue weighted by Gasteiger charge is 2.13. The van der Waals surface area contributed by atoms with Crippen molar-refractivity contribution >= 4 is 5.96 Å². The minimum atomic E-state index is -2.84. The molecule has 1 aromatic carbocycles. The van der Waals surface area contributed by atoms with E-state index >= 15 is 0 Å². The standard InChI is InChI=1S/C15H21F2N3O/c1-11-5-6-13(21-14(16)17)12(9-11)10-19-15(18)20-7-3-2-4-8-20/h5-6,9,14H,2-4,7-8,10H2,1H3,(H2,18,19). The van der Waals surface area contributed by atoms with Crippen LogP contribution in [0.1, 0.15) is 30.4 Å². The van der Waals surface area contributed by atoms with Gasteiger partial charge in [0.05, 0.1) is 6.54 Å². The molecule has 6 heteroatoms. The van der Waals surface area contributed by atoms with E-state index in [0.717, 1.165) is 31.5 Å². The van der Waals surface area contributed by atoms with Crippen molar-refractivity contribution in [1.29, 1.82) is 0 Å². The van der Waals surface area contributed by atoms with Crippen molar-refractivity contribution in [2.45, 2.75) is 39.3 Å². The van der Waals surface area contributed by atoms with Gasteiger partial charge in [-0.3, -0.25) is 0 Å². The van der Waals surface area contributed by atoms with E-state index < -0.39 is 6.61 Å². The number of likely N-dealkylation sites (tertiary alicyclic amines) is 1. The van der Waals surface area contributed by atoms with Crippen LogP contribution in [0.15, 0.2) is 23.2 Å². The Morgan fingerprint density at radius 1 is 1.33 bits per heavy atom. The summed E-state index contributed by atoms with van der Waals surface area (Å²) >= 11 is 0. The maximum atomic E-state index is 12.4. The predicted octanol–water partition coefficient (Wildman–Crippen LogP) is 2.90. The van der Waals surface area contributed by atoms with Gasteiger partial charge in [-0.25, -0.2) is 4.99 Å². The fourth-order valence-corrected chi connectivity index (χ4v) is 2.43. The average molecular weight is 297 g/mol. The summed E-state index contributed by atoms with van der Waals surface area (Å²) in [4.78, 5) is 6.36. The van der Waals surface area contributed by atoms with E-state index in [0.29, 0.717) is 11.5 Å². The van der Waals surface area contributed by atoms with Crippen molar-refractivity contribution in [3.05, 3.63) is 29.3 Å². The number of nitrogens with two attached hydrogens (primary N) is 1. The van der Waals surface area contributed by atoms with Crippen LogP contribution in [0.4, 0.5) is 8.78 Å². The summed E-state index contributed by atoms with van der Waals surface area (Å²) in [6.45, 7) is 1.11. The van der Waals surface area contributed by atoms with Crippen LogP contribution in [0.5, 0.6) is 5.75 Å². The topological polar surface area (TPSA) is 50.9 Å². The third-order valence-corrected chi connectivity index (χ3v) is 3.52. The highest BCUT2D eigenvalue weighted by atomic mass is 19.3. The Balaban J connectivity index is 2.08. The van der Waals surface area contributed by atoms with E-state index in [9.17, 15) is 8.78 Å². The summed E-state index contributed by atoms with van der Waals surface area (Å²) in [6.07, 6.45) is 3.44. The molecule has 0 spiro atoms. The van der Waals surface area contributed by atoms with Gasteiger partial charge >= 0.3 is 6.61 Å². The van der Waals surface area contributed by atoms with E-state index in [1.807, 2.05) is 11.8 Å². The number of rotatable bonds is 4. The molecule has 2 N–H and O–H groups in total. The molecule has 1 saturated heterocycles. The number of hydrogen-bond donors (Lipinski definition) is 1. The van der Waals surface area contributed by atoms with Gasteiger partial charge in [-0.2, -0.15) is 8.78 Å². The molecule has 1 aromatic rings. The summed E-state index contributed by atoms with van der Waals surface area (Å²) in [7, 11) is 0. The molecule has 0 amide bonds. The molecule has 21 heavy (non-hydrogen) atoms. The molecule has 2 rings (SSSR count). The van der Waals surface area contributed by atoms with Gasteiger partial charge in [0, 0.05) is 18.7 Å². The first-order valence-corrected chi connectivity index (χ1v) is 7.15. The van der Waals surface area contributed by atoms with Gasteiger partial charge in [-0.05, 0) is 32.3 Å². The number of halogens is 2. The van der Waals surface area contributed by atoms with Crippen molar-refractivity contribution < 1.29 is 13.5 Å². The number of nitrogens with zero attached hydrogens (tertiary/aromatic N) is 2. The van der Waals surface area contributed by atoms with Crippen molar-refractivity contribution in [3.63, 3.8) is 0 Å². The summed E-state index contributed by atoms with van der Waals surface area (Å²) in [5.74, 6) is 0.630. The van der Waals surface area contributed by atoms with Crippen LogP contribution in [0.2, 0.25) is 0 Å². The molecule has 0 bridgehead atoms. The molecule has 4 nitrogen and oxygen atoms in total. The van der Waals surface area contributed by atoms with E-state index in [2.05, 4.69) is 9.73 Å². The number of benzene rings is 1. The number of hydrogen-bond acceptors (Lipinski definition) is 2. The smallest absolute Gasteiger partial charge is 0.387 e. The average Bonchev–Trinajstić information content (AvgIpc) is 2.47. The maximum absolute atomic E-state index is 12.4. The molecule has 0 unspecified atom stereocenters. The zero-order valence-electron chi connectivity index (χ0n) is 12.2. The molecular formula is C15H21F2N3O. The van der Waals surface area contributed by atoms with Crippen molar-refractivity contribution in [2.75, 3.05) is 13.1 Å². The van der Waals surface area contributed by atoms with Crippen LogP contribution >= 0.6 is 0 Å². The summed E-state index contributed by atoms with van der Waals surface area (Å²) in [5, 5.41) is 0. The molecule has 116 valence electrons. The zero-order chi connectivity index (χ0) is 15.2. The molecule has 0 aromatic heterocycles. The summed E-state index contributed by atoms with van der Waals surface area (Å²) in [6, 6.07) is 5.08. The monoisotopic (exact) mass is 297 g/mol. The molecule has 0 radical (unpaired) electrons. The number of guanidine groups is 1. The number of piperidine rings is 1. The molecule has 0 aliphatic carbocycles. The molecule has 0 atom stereocenters. The van der Waals surface area contributed by atoms with Gasteiger partial charge in [0.15, 0.2) is 5.96 Å². The number of aliphatic imine (C=N–C) groups is 1. The number of aryl methyl sites for hydroxylation is 1. The molecule has 1 aliphatic heterocycles. The largest absolute Gasteiger partial charge is 0.434 e. The van der Waals surface area contributed by atoms with E-state index in [1.54, 1.807) is 18.2 Å². The third-order valence-electron chi connectivity index (χ3n) is 3.52. The second kappa shape index (κ2) is 7.24. The Bertz CT molecular complexity index is 500. The maximum Gasteiger partial charge on any atom is 0.387 e. The lowest BCUT2D eigenvalue weighted by atomic mass is 10.1. The first kappa shape index (κ1) is 15.5. The molecule has 0 saturated carbocycles. The van der Waals surface area contributed by atoms with Crippen LogP contribution in [0.3, 0.4) is 0 Å². The minimum Gasteiger partial charge on any atom is -0.434 e. The van der Waals surface area contributed by atoms with Crippen molar-refractivity contribution in [2.24, 2.45) is 10.7 Å². The van der Waals surface area contributed by atoms with Crippen LogP contribution in [0, 0.1) is 6.92 Å². The van der Waals surface area contributed by atoms with Gasteiger partial charge in [-0.1, -0.05) is 17.7 Å². The summed E-state index contributed by atoms with van der Waals surface area (Å²) < 4.78 is 29.3. The lowest BCUT2D eigenvalue weighted by Gasteiger charge is -2.27. The van der Waals surface area contributed by atoms with Crippen LogP contribution in [-0.4, -0.2) is 30.6 Å². The van der Waals surface area contributed by atoms with Gasteiger partial charge in [0.1, 0.15) is 5.75 Å². The lowest BCUT2D eigenvalue weighted by Crippen LogP contribution is -2.40. The second-order valence-electron chi connectivity index (χ2n) is 5.21. The third kappa shape index (κ3) is 4.58. The first-order valence-electron chi connectivity index (χ1n) is 7.15. The molecule has 1 heterocycles. The van der Waals surface area contributed by atoms with Crippen LogP contribution < -0.4 is 10.5 Å². The van der Waals surface area contributed by atoms with E-state index in [-0.39, 0.29) is 12.3 Å². The Morgan fingerprint density at radius 3 is 2.71 bits per heavy atom. The SMILES string of the molecule is Cc1ccc(OC(F)F)c(CN=C(N)N2CCCCC2)c1. The van der Waals surface area contributed by atoms with Gasteiger partial charge in [-0.15, -0.1) is 0 Å². The zero-order valence-corrected chi connectivity index (χ0v) is 12.2. The Kier molecular flexibility index (Phi) is 5.36. The summed E-state index contributed by atoms with van der Waals surface area (Å²) in [5.41, 5.74) is 7.56. The van der Waals surface area contributed by atoms with E-state index in [1.165, 1.54) is 6.42 Å². The highest BCUT2D eigenvalue weighted by molar-refractivity contribution is 5.78. The van der Waals surface area contributed by atoms with Gasteiger partial charge < -0.3 is 15.4 Å². The van der Waals surface area contributed by atoms with Crippen LogP contribution in [-0.2, 0) is 6.54 Å². The molecule has 1 fully saturated rings. The van der Waals surface area contributed by atoms with Crippen molar-refractivity contribution in [3.8, 4) is 5.75 Å². The number of ether oxygens (including phenoxy) is 1. The van der Waals surface area contributed by atoms with Gasteiger partial charge in [0.2, 0.25) is 0 Å². The first-order chi connectivity index (χ1) is 10.1. The predicted molar refractivity (Wildman–Crippen MR) is 78.6 cm³/mol. The molecule has 1 aliphatic rings. The second-order valence-corrected chi connectivity index (χ2v) is 5.21. The van der Waals surface area contributed by atoms with E-state index in [4.69, 9.17) is 5.73 Å². The molecular weight excluding hydrogens is 276 g/mol. The fraction of sp³-hybridized carbons (Fsp3) is 0.533. The number of alkyl halides is 2. The Hall–Kier alpha value is -1.85.